The summed E-state index contributed by atoms with van der Waals surface area (Å²) in [7, 11) is 0. The molecule has 116 valence electrons. The van der Waals surface area contributed by atoms with Gasteiger partial charge in [-0.1, -0.05) is 18.0 Å². The molecule has 21 heavy (non-hydrogen) atoms. The smallest absolute Gasteiger partial charge is 0.225 e. The van der Waals surface area contributed by atoms with Crippen molar-refractivity contribution in [3.8, 4) is 0 Å². The van der Waals surface area contributed by atoms with Crippen LogP contribution in [0.15, 0.2) is 18.2 Å². The number of benzene rings is 1. The Bertz CT molecular complexity index is 496. The molecule has 1 fully saturated rings. The summed E-state index contributed by atoms with van der Waals surface area (Å²) < 4.78 is 0. The molecular formula is C15H22ClN3O2. The van der Waals surface area contributed by atoms with Crippen LogP contribution in [0.1, 0.15) is 25.7 Å². The monoisotopic (exact) mass is 311 g/mol. The predicted molar refractivity (Wildman–Crippen MR) is 85.4 cm³/mol. The minimum Gasteiger partial charge on any atom is -0.397 e. The van der Waals surface area contributed by atoms with E-state index in [0.717, 1.165) is 25.8 Å². The van der Waals surface area contributed by atoms with E-state index in [1.54, 1.807) is 18.2 Å². The van der Waals surface area contributed by atoms with Crippen LogP contribution in [0.3, 0.4) is 0 Å². The SMILES string of the molecule is Nc1cc(Cl)ccc1NC(=O)CCN1CCCCC1CO. The fourth-order valence-electron chi connectivity index (χ4n) is 2.67. The summed E-state index contributed by atoms with van der Waals surface area (Å²) in [5.74, 6) is -0.0775. The van der Waals surface area contributed by atoms with E-state index in [4.69, 9.17) is 17.3 Å². The topological polar surface area (TPSA) is 78.6 Å². The van der Waals surface area contributed by atoms with Gasteiger partial charge < -0.3 is 16.2 Å². The highest BCUT2D eigenvalue weighted by atomic mass is 35.5. The van der Waals surface area contributed by atoms with E-state index in [9.17, 15) is 9.90 Å². The molecule has 4 N–H and O–H groups in total. The van der Waals surface area contributed by atoms with E-state index in [0.29, 0.717) is 29.4 Å². The zero-order chi connectivity index (χ0) is 15.2. The molecule has 0 bridgehead atoms. The molecule has 0 saturated carbocycles. The number of halogens is 1. The quantitative estimate of drug-likeness (QED) is 0.728. The number of nitrogens with two attached hydrogens (primary N) is 1. The molecule has 1 atom stereocenters. The van der Waals surface area contributed by atoms with Crippen molar-refractivity contribution in [2.45, 2.75) is 31.7 Å². The Morgan fingerprint density at radius 2 is 2.29 bits per heavy atom. The van der Waals surface area contributed by atoms with Gasteiger partial charge in [-0.25, -0.2) is 0 Å². The first-order valence-electron chi connectivity index (χ1n) is 7.30. The number of aliphatic hydroxyl groups is 1. The lowest BCUT2D eigenvalue weighted by Crippen LogP contribution is -2.43. The third-order valence-electron chi connectivity index (χ3n) is 3.87. The lowest BCUT2D eigenvalue weighted by molar-refractivity contribution is -0.116. The van der Waals surface area contributed by atoms with Crippen molar-refractivity contribution >= 4 is 28.9 Å². The molecule has 0 aliphatic carbocycles. The molecule has 5 nitrogen and oxygen atoms in total. The van der Waals surface area contributed by atoms with Gasteiger partial charge in [-0.15, -0.1) is 0 Å². The number of amides is 1. The van der Waals surface area contributed by atoms with Crippen LogP contribution in [0.2, 0.25) is 5.02 Å². The van der Waals surface area contributed by atoms with Gasteiger partial charge in [0.2, 0.25) is 5.91 Å². The Kier molecular flexibility index (Phi) is 5.85. The highest BCUT2D eigenvalue weighted by Gasteiger charge is 2.21. The van der Waals surface area contributed by atoms with Crippen molar-refractivity contribution in [3.05, 3.63) is 23.2 Å². The van der Waals surface area contributed by atoms with Crippen LogP contribution in [-0.2, 0) is 4.79 Å². The van der Waals surface area contributed by atoms with Crippen LogP contribution in [0, 0.1) is 0 Å². The number of aliphatic hydroxyl groups excluding tert-OH is 1. The summed E-state index contributed by atoms with van der Waals surface area (Å²) in [6.07, 6.45) is 3.66. The number of anilines is 2. The van der Waals surface area contributed by atoms with Crippen molar-refractivity contribution in [2.24, 2.45) is 0 Å². The first-order chi connectivity index (χ1) is 10.1. The Morgan fingerprint density at radius 1 is 1.48 bits per heavy atom. The van der Waals surface area contributed by atoms with Gasteiger partial charge in [-0.05, 0) is 37.6 Å². The Hall–Kier alpha value is -1.30. The number of nitrogen functional groups attached to an aromatic ring is 1. The minimum absolute atomic E-state index is 0.0775. The number of nitrogens with one attached hydrogen (secondary N) is 1. The highest BCUT2D eigenvalue weighted by molar-refractivity contribution is 6.31. The van der Waals surface area contributed by atoms with Crippen molar-refractivity contribution in [2.75, 3.05) is 30.7 Å². The van der Waals surface area contributed by atoms with Gasteiger partial charge in [-0.3, -0.25) is 9.69 Å². The van der Waals surface area contributed by atoms with Gasteiger partial charge in [0.1, 0.15) is 0 Å². The van der Waals surface area contributed by atoms with Crippen LogP contribution < -0.4 is 11.1 Å². The average molecular weight is 312 g/mol. The predicted octanol–water partition coefficient (Wildman–Crippen LogP) is 2.10. The largest absolute Gasteiger partial charge is 0.397 e. The first-order valence-corrected chi connectivity index (χ1v) is 7.67. The molecule has 1 aromatic carbocycles. The van der Waals surface area contributed by atoms with Crippen molar-refractivity contribution in [1.29, 1.82) is 0 Å². The average Bonchev–Trinajstić information content (AvgIpc) is 2.48. The van der Waals surface area contributed by atoms with Gasteiger partial charge in [0.25, 0.3) is 0 Å². The van der Waals surface area contributed by atoms with E-state index in [1.165, 1.54) is 0 Å². The molecular weight excluding hydrogens is 290 g/mol. The van der Waals surface area contributed by atoms with Crippen molar-refractivity contribution in [1.82, 2.24) is 4.90 Å². The van der Waals surface area contributed by atoms with E-state index in [2.05, 4.69) is 10.2 Å². The van der Waals surface area contributed by atoms with Gasteiger partial charge in [-0.2, -0.15) is 0 Å². The summed E-state index contributed by atoms with van der Waals surface area (Å²) in [6, 6.07) is 5.20. The van der Waals surface area contributed by atoms with Crippen molar-refractivity contribution < 1.29 is 9.90 Å². The summed E-state index contributed by atoms with van der Waals surface area (Å²) in [4.78, 5) is 14.2. The standard InChI is InChI=1S/C15H22ClN3O2/c16-11-4-5-14(13(17)9-11)18-15(21)6-8-19-7-2-1-3-12(19)10-20/h4-5,9,12,20H,1-3,6-8,10,17H2,(H,18,21). The molecule has 1 aliphatic heterocycles. The Balaban J connectivity index is 1.84. The fourth-order valence-corrected chi connectivity index (χ4v) is 2.85. The van der Waals surface area contributed by atoms with E-state index in [-0.39, 0.29) is 18.6 Å². The number of nitrogens with zero attached hydrogens (tertiary/aromatic N) is 1. The minimum atomic E-state index is -0.0775. The molecule has 1 saturated heterocycles. The second-order valence-corrected chi connectivity index (χ2v) is 5.83. The zero-order valence-electron chi connectivity index (χ0n) is 12.0. The third kappa shape index (κ3) is 4.59. The molecule has 1 heterocycles. The molecule has 2 rings (SSSR count). The normalized spacial score (nSPS) is 19.4. The maximum Gasteiger partial charge on any atom is 0.225 e. The van der Waals surface area contributed by atoms with Crippen LogP contribution in [-0.4, -0.2) is 41.7 Å². The number of likely N-dealkylation sites (tertiary alicyclic amines) is 1. The van der Waals surface area contributed by atoms with Gasteiger partial charge in [0.15, 0.2) is 0 Å². The van der Waals surface area contributed by atoms with Crippen LogP contribution in [0.5, 0.6) is 0 Å². The molecule has 0 radical (unpaired) electrons. The lowest BCUT2D eigenvalue weighted by atomic mass is 10.0. The molecule has 0 spiro atoms. The number of hydrogen-bond donors (Lipinski definition) is 3. The summed E-state index contributed by atoms with van der Waals surface area (Å²) >= 11 is 5.83. The van der Waals surface area contributed by atoms with E-state index < -0.39 is 0 Å². The van der Waals surface area contributed by atoms with E-state index >= 15 is 0 Å². The Labute approximate surface area is 130 Å². The maximum atomic E-state index is 12.0. The molecule has 6 heteroatoms. The van der Waals surface area contributed by atoms with Crippen molar-refractivity contribution in [3.63, 3.8) is 0 Å². The molecule has 1 aromatic rings. The highest BCUT2D eigenvalue weighted by Crippen LogP contribution is 2.23. The first kappa shape index (κ1) is 16.1. The second-order valence-electron chi connectivity index (χ2n) is 5.40. The van der Waals surface area contributed by atoms with Gasteiger partial charge in [0, 0.05) is 24.0 Å². The van der Waals surface area contributed by atoms with Crippen LogP contribution >= 0.6 is 11.6 Å². The second kappa shape index (κ2) is 7.64. The summed E-state index contributed by atoms with van der Waals surface area (Å²) in [5, 5.41) is 12.7. The fraction of sp³-hybridized carbons (Fsp3) is 0.533. The van der Waals surface area contributed by atoms with Gasteiger partial charge in [0.05, 0.1) is 18.0 Å². The van der Waals surface area contributed by atoms with Crippen LogP contribution in [0.25, 0.3) is 0 Å². The number of piperidine rings is 1. The van der Waals surface area contributed by atoms with E-state index in [1.807, 2.05) is 0 Å². The lowest BCUT2D eigenvalue weighted by Gasteiger charge is -2.34. The molecule has 1 unspecified atom stereocenters. The zero-order valence-corrected chi connectivity index (χ0v) is 12.8. The summed E-state index contributed by atoms with van der Waals surface area (Å²) in [5.41, 5.74) is 6.85. The number of rotatable bonds is 5. The molecule has 1 amide bonds. The third-order valence-corrected chi connectivity index (χ3v) is 4.11. The maximum absolute atomic E-state index is 12.0. The van der Waals surface area contributed by atoms with Gasteiger partial charge >= 0.3 is 0 Å². The summed E-state index contributed by atoms with van der Waals surface area (Å²) in [6.45, 7) is 1.76. The number of carbonyl (C=O) groups excluding carboxylic acids is 1. The Morgan fingerprint density at radius 3 is 3.00 bits per heavy atom. The number of hydrogen-bond acceptors (Lipinski definition) is 4. The molecule has 0 aromatic heterocycles. The number of carbonyl (C=O) groups is 1. The molecule has 1 aliphatic rings. The van der Waals surface area contributed by atoms with Crippen LogP contribution in [0.4, 0.5) is 11.4 Å².